The highest BCUT2D eigenvalue weighted by atomic mass is 127. The number of carbonyl (C=O) groups is 1. The van der Waals surface area contributed by atoms with Gasteiger partial charge in [-0.1, -0.05) is 12.1 Å². The fraction of sp³-hybridized carbons (Fsp3) is 0.0385. The predicted octanol–water partition coefficient (Wildman–Crippen LogP) is 6.65. The quantitative estimate of drug-likeness (QED) is 0.241. The zero-order valence-electron chi connectivity index (χ0n) is 18.2. The van der Waals surface area contributed by atoms with Crippen LogP contribution in [0.1, 0.15) is 16.1 Å². The number of aryl methyl sites for hydroxylation is 1. The molecule has 3 heterocycles. The molecule has 35 heavy (non-hydrogen) atoms. The smallest absolute Gasteiger partial charge is 0.257 e. The number of benzene rings is 2. The summed E-state index contributed by atoms with van der Waals surface area (Å²) in [5, 5.41) is 2.73. The topological polar surface area (TPSA) is 59.3 Å². The zero-order chi connectivity index (χ0) is 24.7. The van der Waals surface area contributed by atoms with Gasteiger partial charge in [0.1, 0.15) is 23.1 Å². The monoisotopic (exact) mass is 584 g/mol. The van der Waals surface area contributed by atoms with E-state index in [-0.39, 0.29) is 11.3 Å². The first-order valence-electron chi connectivity index (χ1n) is 10.5. The van der Waals surface area contributed by atoms with Gasteiger partial charge in [-0.3, -0.25) is 14.2 Å². The van der Waals surface area contributed by atoms with Crippen LogP contribution in [0.2, 0.25) is 0 Å². The van der Waals surface area contributed by atoms with Gasteiger partial charge in [-0.2, -0.15) is 0 Å². The number of nitrogens with one attached hydrogen (secondary N) is 1. The largest absolute Gasteiger partial charge is 0.322 e. The maximum Gasteiger partial charge on any atom is 0.257 e. The number of rotatable bonds is 4. The number of pyridine rings is 2. The lowest BCUT2D eigenvalue weighted by atomic mass is 10.0. The maximum absolute atomic E-state index is 14.7. The average Bonchev–Trinajstić information content (AvgIpc) is 3.17. The van der Waals surface area contributed by atoms with E-state index in [1.165, 1.54) is 42.5 Å². The summed E-state index contributed by atoms with van der Waals surface area (Å²) in [5.41, 5.74) is 2.81. The third kappa shape index (κ3) is 4.27. The molecule has 1 N–H and O–H groups in total. The summed E-state index contributed by atoms with van der Waals surface area (Å²) < 4.78 is 44.8. The molecule has 9 heteroatoms. The van der Waals surface area contributed by atoms with Crippen molar-refractivity contribution in [3.8, 4) is 22.4 Å². The number of nitrogens with zero attached hydrogens (tertiary/aromatic N) is 3. The molecule has 0 atom stereocenters. The lowest BCUT2D eigenvalue weighted by Gasteiger charge is -2.12. The number of fused-ring (bicyclic) bond motifs is 1. The zero-order valence-corrected chi connectivity index (χ0v) is 20.3. The Morgan fingerprint density at radius 3 is 2.43 bits per heavy atom. The number of hydrogen-bond acceptors (Lipinski definition) is 3. The molecule has 5 aromatic rings. The Bertz CT molecular complexity index is 1580. The molecule has 0 aliphatic rings. The van der Waals surface area contributed by atoms with Gasteiger partial charge in [0.25, 0.3) is 5.91 Å². The summed E-state index contributed by atoms with van der Waals surface area (Å²) in [6.45, 7) is 1.70. The van der Waals surface area contributed by atoms with Crippen LogP contribution in [0.4, 0.5) is 18.9 Å². The van der Waals surface area contributed by atoms with Gasteiger partial charge in [0.05, 0.1) is 22.3 Å². The van der Waals surface area contributed by atoms with E-state index < -0.39 is 23.4 Å². The van der Waals surface area contributed by atoms with Crippen LogP contribution in [0, 0.1) is 28.2 Å². The highest BCUT2D eigenvalue weighted by Gasteiger charge is 2.22. The van der Waals surface area contributed by atoms with Crippen molar-refractivity contribution < 1.29 is 18.0 Å². The highest BCUT2D eigenvalue weighted by molar-refractivity contribution is 14.1. The van der Waals surface area contributed by atoms with Crippen LogP contribution in [0.3, 0.4) is 0 Å². The van der Waals surface area contributed by atoms with Gasteiger partial charge in [0.15, 0.2) is 3.83 Å². The molecular weight excluding hydrogens is 568 g/mol. The van der Waals surface area contributed by atoms with Crippen LogP contribution >= 0.6 is 22.6 Å². The number of aromatic nitrogens is 3. The van der Waals surface area contributed by atoms with Gasteiger partial charge in [-0.25, -0.2) is 18.2 Å². The van der Waals surface area contributed by atoms with Crippen LogP contribution in [0.15, 0.2) is 73.1 Å². The maximum atomic E-state index is 14.7. The molecule has 174 valence electrons. The molecule has 0 fully saturated rings. The number of anilines is 1. The predicted molar refractivity (Wildman–Crippen MR) is 136 cm³/mol. The summed E-state index contributed by atoms with van der Waals surface area (Å²) in [5.74, 6) is -2.28. The first-order valence-corrected chi connectivity index (χ1v) is 11.6. The molecule has 2 aromatic carbocycles. The van der Waals surface area contributed by atoms with Gasteiger partial charge in [-0.15, -0.1) is 0 Å². The second kappa shape index (κ2) is 9.14. The average molecular weight is 584 g/mol. The van der Waals surface area contributed by atoms with Crippen LogP contribution in [0.5, 0.6) is 0 Å². The summed E-state index contributed by atoms with van der Waals surface area (Å²) in [6, 6.07) is 14.3. The summed E-state index contributed by atoms with van der Waals surface area (Å²) in [7, 11) is 0. The van der Waals surface area contributed by atoms with E-state index in [1.54, 1.807) is 41.9 Å². The molecule has 0 spiro atoms. The molecule has 1 amide bonds. The van der Waals surface area contributed by atoms with Gasteiger partial charge >= 0.3 is 0 Å². The van der Waals surface area contributed by atoms with E-state index >= 15 is 0 Å². The molecule has 5 rings (SSSR count). The van der Waals surface area contributed by atoms with Crippen molar-refractivity contribution in [2.24, 2.45) is 0 Å². The van der Waals surface area contributed by atoms with Gasteiger partial charge in [-0.05, 0) is 55.5 Å². The molecule has 0 radical (unpaired) electrons. The van der Waals surface area contributed by atoms with Crippen LogP contribution in [-0.2, 0) is 0 Å². The van der Waals surface area contributed by atoms with E-state index in [0.717, 1.165) is 0 Å². The Morgan fingerprint density at radius 2 is 1.71 bits per heavy atom. The molecule has 0 unspecified atom stereocenters. The fourth-order valence-electron chi connectivity index (χ4n) is 3.88. The van der Waals surface area contributed by atoms with Crippen molar-refractivity contribution >= 4 is 39.7 Å². The first kappa shape index (κ1) is 23.0. The minimum atomic E-state index is -0.724. The van der Waals surface area contributed by atoms with Crippen molar-refractivity contribution in [2.75, 3.05) is 5.32 Å². The minimum absolute atomic E-state index is 0.151. The molecule has 0 saturated heterocycles. The molecule has 0 saturated carbocycles. The van der Waals surface area contributed by atoms with Crippen LogP contribution in [-0.4, -0.2) is 20.3 Å². The summed E-state index contributed by atoms with van der Waals surface area (Å²) in [6.07, 6.45) is 3.35. The Hall–Kier alpha value is -3.73. The molecule has 0 aliphatic carbocycles. The Labute approximate surface area is 211 Å². The fourth-order valence-corrected chi connectivity index (χ4v) is 4.52. The Kier molecular flexibility index (Phi) is 6.01. The van der Waals surface area contributed by atoms with Crippen LogP contribution < -0.4 is 5.32 Å². The molecular formula is C26H16F3IN4O. The normalized spacial score (nSPS) is 11.1. The van der Waals surface area contributed by atoms with Crippen molar-refractivity contribution in [1.82, 2.24) is 14.4 Å². The highest BCUT2D eigenvalue weighted by Crippen LogP contribution is 2.36. The second-order valence-electron chi connectivity index (χ2n) is 7.78. The van der Waals surface area contributed by atoms with E-state index in [2.05, 4.69) is 15.3 Å². The van der Waals surface area contributed by atoms with Gasteiger partial charge < -0.3 is 5.32 Å². The van der Waals surface area contributed by atoms with Crippen molar-refractivity contribution in [1.29, 1.82) is 0 Å². The summed E-state index contributed by atoms with van der Waals surface area (Å²) in [4.78, 5) is 21.8. The van der Waals surface area contributed by atoms with Crippen molar-refractivity contribution in [3.05, 3.63) is 106 Å². The first-order chi connectivity index (χ1) is 16.8. The van der Waals surface area contributed by atoms with E-state index in [9.17, 15) is 18.0 Å². The third-order valence-electron chi connectivity index (χ3n) is 5.57. The van der Waals surface area contributed by atoms with E-state index in [0.29, 0.717) is 37.4 Å². The Balaban J connectivity index is 1.65. The molecule has 3 aromatic heterocycles. The number of amides is 1. The lowest BCUT2D eigenvalue weighted by Crippen LogP contribution is -2.14. The molecule has 0 bridgehead atoms. The van der Waals surface area contributed by atoms with E-state index in [4.69, 9.17) is 0 Å². The molecule has 5 nitrogen and oxygen atoms in total. The number of carbonyl (C=O) groups excluding carboxylic acids is 1. The van der Waals surface area contributed by atoms with Crippen molar-refractivity contribution in [2.45, 2.75) is 6.92 Å². The lowest BCUT2D eigenvalue weighted by molar-refractivity contribution is 0.102. The number of halogens is 4. The summed E-state index contributed by atoms with van der Waals surface area (Å²) >= 11 is 2.00. The van der Waals surface area contributed by atoms with E-state index in [1.807, 2.05) is 22.6 Å². The SMILES string of the molecule is Cc1ncc(-c2cccn3c(I)nc(-c4c(F)cccc4F)c23)cc1C(=O)Nc1ccc(F)cc1. The minimum Gasteiger partial charge on any atom is -0.322 e. The molecule has 0 aliphatic heterocycles. The van der Waals surface area contributed by atoms with Gasteiger partial charge in [0, 0.05) is 51.8 Å². The standard InChI is InChI=1S/C26H16F3IN4O/c1-14-19(25(35)32-17-9-7-16(27)8-10-17)12-15(13-31-14)18-4-3-11-34-24(18)23(33-26(34)30)22-20(28)5-2-6-21(22)29/h2-13H,1H3,(H,32,35). The Morgan fingerprint density at radius 1 is 1.00 bits per heavy atom. The third-order valence-corrected chi connectivity index (χ3v) is 6.33. The number of hydrogen-bond donors (Lipinski definition) is 1. The van der Waals surface area contributed by atoms with Gasteiger partial charge in [0.2, 0.25) is 0 Å². The van der Waals surface area contributed by atoms with Crippen molar-refractivity contribution in [3.63, 3.8) is 0 Å². The number of imidazole rings is 1. The van der Waals surface area contributed by atoms with Crippen LogP contribution in [0.25, 0.3) is 27.9 Å². The second-order valence-corrected chi connectivity index (χ2v) is 8.75.